The van der Waals surface area contributed by atoms with Crippen LogP contribution in [0.1, 0.15) is 32.6 Å². The Morgan fingerprint density at radius 1 is 0.686 bits per heavy atom. The zero-order valence-electron chi connectivity index (χ0n) is 26.2. The predicted molar refractivity (Wildman–Crippen MR) is 175 cm³/mol. The van der Waals surface area contributed by atoms with Crippen molar-refractivity contribution in [2.24, 2.45) is 0 Å². The summed E-state index contributed by atoms with van der Waals surface area (Å²) in [5.74, 6) is -15.6. The number of carbonyl (C=O) groups excluding carboxylic acids is 1. The van der Waals surface area contributed by atoms with Crippen LogP contribution in [0, 0.1) is 34.9 Å². The van der Waals surface area contributed by atoms with Crippen molar-refractivity contribution in [1.29, 1.82) is 0 Å². The van der Waals surface area contributed by atoms with Crippen molar-refractivity contribution in [2.75, 3.05) is 15.7 Å². The lowest BCUT2D eigenvalue weighted by atomic mass is 9.97. The van der Waals surface area contributed by atoms with Crippen LogP contribution in [0.25, 0.3) is 0 Å². The first-order valence-electron chi connectivity index (χ1n) is 14.9. The number of ether oxygens (including phenoxy) is 1. The summed E-state index contributed by atoms with van der Waals surface area (Å²) < 4.78 is 114. The number of benzene rings is 5. The topological polar surface area (TPSA) is 107 Å². The predicted octanol–water partition coefficient (Wildman–Crippen LogP) is 7.57. The van der Waals surface area contributed by atoms with Crippen LogP contribution in [0.2, 0.25) is 0 Å². The molecular formula is C36H26F6N2O6S. The van der Waals surface area contributed by atoms with Gasteiger partial charge in [0, 0.05) is 12.0 Å². The van der Waals surface area contributed by atoms with Crippen LogP contribution in [-0.4, -0.2) is 32.3 Å². The van der Waals surface area contributed by atoms with Crippen LogP contribution >= 0.6 is 0 Å². The lowest BCUT2D eigenvalue weighted by Crippen LogP contribution is -2.42. The molecule has 5 aromatic rings. The highest BCUT2D eigenvalue weighted by atomic mass is 32.2. The van der Waals surface area contributed by atoms with Gasteiger partial charge in [0.25, 0.3) is 11.3 Å². The zero-order valence-corrected chi connectivity index (χ0v) is 27.0. The summed E-state index contributed by atoms with van der Waals surface area (Å²) in [6, 6.07) is 24.4. The number of anilines is 2. The fraction of sp³-hybridized carbons (Fsp3) is 0.111. The van der Waals surface area contributed by atoms with Gasteiger partial charge >= 0.3 is 5.97 Å². The molecule has 0 radical (unpaired) electrons. The van der Waals surface area contributed by atoms with Gasteiger partial charge in [0.1, 0.15) is 36.0 Å². The van der Waals surface area contributed by atoms with Gasteiger partial charge < -0.3 is 14.7 Å². The fourth-order valence-electron chi connectivity index (χ4n) is 5.22. The van der Waals surface area contributed by atoms with Gasteiger partial charge in [-0.25, -0.2) is 35.3 Å². The molecule has 0 spiro atoms. The van der Waals surface area contributed by atoms with Crippen molar-refractivity contribution >= 4 is 34.5 Å². The number of carbonyl (C=O) groups is 2. The number of amides is 1. The molecule has 0 fully saturated rings. The molecule has 51 heavy (non-hydrogen) atoms. The second kappa shape index (κ2) is 15.9. The Labute approximate surface area is 289 Å². The number of nitrogens with zero attached hydrogens (tertiary/aromatic N) is 2. The van der Waals surface area contributed by atoms with Gasteiger partial charge in [0.15, 0.2) is 23.3 Å². The van der Waals surface area contributed by atoms with Crippen LogP contribution < -0.4 is 13.9 Å². The van der Waals surface area contributed by atoms with Crippen LogP contribution in [0.5, 0.6) is 5.75 Å². The minimum atomic E-state index is -3.52. The van der Waals surface area contributed by atoms with Gasteiger partial charge in [-0.3, -0.25) is 13.7 Å². The number of rotatable bonds is 13. The van der Waals surface area contributed by atoms with E-state index in [1.807, 2.05) is 0 Å². The molecule has 1 unspecified atom stereocenters. The summed E-state index contributed by atoms with van der Waals surface area (Å²) in [5, 5.41) is 10.2. The minimum Gasteiger partial charge on any atom is -0.488 e. The van der Waals surface area contributed by atoms with Gasteiger partial charge in [-0.05, 0) is 41.0 Å². The van der Waals surface area contributed by atoms with Crippen molar-refractivity contribution < 1.29 is 54.5 Å². The summed E-state index contributed by atoms with van der Waals surface area (Å²) in [4.78, 5) is 27.6. The van der Waals surface area contributed by atoms with E-state index in [2.05, 4.69) is 0 Å². The van der Waals surface area contributed by atoms with Crippen LogP contribution in [0.15, 0.2) is 97.1 Å². The second-order valence-corrected chi connectivity index (χ2v) is 11.9. The molecule has 0 aliphatic heterocycles. The molecular weight excluding hydrogens is 702 g/mol. The molecule has 0 aliphatic carbocycles. The van der Waals surface area contributed by atoms with Crippen molar-refractivity contribution in [1.82, 2.24) is 0 Å². The average Bonchev–Trinajstić information content (AvgIpc) is 3.12. The van der Waals surface area contributed by atoms with E-state index < -0.39 is 76.8 Å². The molecule has 8 nitrogen and oxygen atoms in total. The number of carboxylic acid groups (broad SMARTS) is 1. The van der Waals surface area contributed by atoms with Crippen molar-refractivity contribution in [3.63, 3.8) is 0 Å². The molecule has 0 aliphatic rings. The van der Waals surface area contributed by atoms with Gasteiger partial charge in [-0.15, -0.1) is 0 Å². The highest BCUT2D eigenvalue weighted by molar-refractivity contribution is 7.80. The lowest BCUT2D eigenvalue weighted by molar-refractivity contribution is -0.117. The molecule has 0 aromatic heterocycles. The van der Waals surface area contributed by atoms with E-state index in [1.54, 1.807) is 60.7 Å². The Balaban J connectivity index is 1.69. The first-order chi connectivity index (χ1) is 24.4. The van der Waals surface area contributed by atoms with E-state index in [1.165, 1.54) is 18.2 Å². The first kappa shape index (κ1) is 36.6. The van der Waals surface area contributed by atoms with E-state index in [9.17, 15) is 49.8 Å². The number of hydrogen-bond donors (Lipinski definition) is 2. The highest BCUT2D eigenvalue weighted by Gasteiger charge is 2.34. The smallest absolute Gasteiger partial charge is 0.339 e. The molecule has 0 saturated heterocycles. The van der Waals surface area contributed by atoms with Crippen molar-refractivity contribution in [3.05, 3.63) is 160 Å². The maximum Gasteiger partial charge on any atom is 0.339 e. The van der Waals surface area contributed by atoms with Gasteiger partial charge in [0.05, 0.1) is 12.2 Å². The Kier molecular flexibility index (Phi) is 11.4. The summed E-state index contributed by atoms with van der Waals surface area (Å²) in [7, 11) is 0. The Morgan fingerprint density at radius 3 is 1.78 bits per heavy atom. The maximum atomic E-state index is 14.8. The van der Waals surface area contributed by atoms with E-state index in [-0.39, 0.29) is 45.5 Å². The molecule has 2 N–H and O–H groups in total. The van der Waals surface area contributed by atoms with Gasteiger partial charge in [0.2, 0.25) is 11.7 Å². The monoisotopic (exact) mass is 728 g/mol. The minimum absolute atomic E-state index is 0.0395. The molecule has 0 saturated carbocycles. The van der Waals surface area contributed by atoms with Gasteiger partial charge in [-0.2, -0.15) is 0 Å². The quantitative estimate of drug-likeness (QED) is 0.0561. The molecule has 5 aromatic carbocycles. The van der Waals surface area contributed by atoms with Gasteiger partial charge in [-0.1, -0.05) is 72.8 Å². The normalized spacial score (nSPS) is 11.6. The Bertz CT molecular complexity index is 2060. The Hall–Kier alpha value is -5.67. The summed E-state index contributed by atoms with van der Waals surface area (Å²) in [6.45, 7) is -1.97. The number of aromatic carboxylic acids is 1. The third kappa shape index (κ3) is 8.22. The van der Waals surface area contributed by atoms with Crippen LogP contribution in [0.3, 0.4) is 0 Å². The summed E-state index contributed by atoms with van der Waals surface area (Å²) in [5.41, 5.74) is -0.484. The molecule has 0 heterocycles. The molecule has 5 rings (SSSR count). The first-order valence-corrected chi connectivity index (χ1v) is 16.0. The van der Waals surface area contributed by atoms with Crippen molar-refractivity contribution in [3.8, 4) is 5.75 Å². The number of hydrogen-bond acceptors (Lipinski definition) is 4. The van der Waals surface area contributed by atoms with E-state index in [0.29, 0.717) is 11.1 Å². The third-order valence-electron chi connectivity index (χ3n) is 7.67. The van der Waals surface area contributed by atoms with Crippen molar-refractivity contribution in [2.45, 2.75) is 19.6 Å². The van der Waals surface area contributed by atoms with Crippen LogP contribution in [0.4, 0.5) is 37.7 Å². The fourth-order valence-corrected chi connectivity index (χ4v) is 5.75. The van der Waals surface area contributed by atoms with Crippen LogP contribution in [-0.2, 0) is 35.6 Å². The SMILES string of the molecule is O=C(O)c1ccc(N(Cc2ccc(F)cc2)C(=O)CN(c2c(F)c(F)c(F)c(F)c2F)S(=O)O)c(Cc2ccccc2)c1OCc1ccccc1. The second-order valence-electron chi connectivity index (χ2n) is 11.0. The number of halogens is 6. The van der Waals surface area contributed by atoms with E-state index in [0.717, 1.165) is 23.1 Å². The Morgan fingerprint density at radius 2 is 1.24 bits per heavy atom. The maximum absolute atomic E-state index is 14.8. The largest absolute Gasteiger partial charge is 0.488 e. The molecule has 1 amide bonds. The standard InChI is InChI=1S/C36H26F6N2O6S/c37-24-13-11-22(12-14-24)18-43(28(45)19-44(51(48)49)34-32(41)30(39)29(38)31(40)33(34)42)27-16-15-25(36(46)47)35(50-20-23-9-5-2-6-10-23)26(27)17-21-7-3-1-4-8-21/h1-16H,17-20H2,(H,46,47)(H,48,49). The molecule has 264 valence electrons. The lowest BCUT2D eigenvalue weighted by Gasteiger charge is -2.30. The molecule has 1 atom stereocenters. The molecule has 15 heteroatoms. The summed E-state index contributed by atoms with van der Waals surface area (Å²) in [6.07, 6.45) is -0.0537. The number of carboxylic acids is 1. The third-order valence-corrected chi connectivity index (χ3v) is 8.35. The van der Waals surface area contributed by atoms with E-state index in [4.69, 9.17) is 4.74 Å². The zero-order chi connectivity index (χ0) is 36.8. The highest BCUT2D eigenvalue weighted by Crippen LogP contribution is 2.38. The average molecular weight is 729 g/mol. The van der Waals surface area contributed by atoms with E-state index >= 15 is 0 Å². The molecule has 0 bridgehead atoms. The summed E-state index contributed by atoms with van der Waals surface area (Å²) >= 11 is -3.52.